The highest BCUT2D eigenvalue weighted by Gasteiger charge is 2.48. The van der Waals surface area contributed by atoms with Gasteiger partial charge in [0, 0.05) is 0 Å². The van der Waals surface area contributed by atoms with Gasteiger partial charge < -0.3 is 40.3 Å². The molecule has 1 fully saturated rings. The number of nitrogens with one attached hydrogen (secondary N) is 1. The average molecular weight is 780 g/mol. The molecule has 53 heavy (non-hydrogen) atoms. The number of ether oxygens (including phenoxy) is 2. The molecule has 1 saturated heterocycles. The summed E-state index contributed by atoms with van der Waals surface area (Å²) in [5.41, 5.74) is 0. The summed E-state index contributed by atoms with van der Waals surface area (Å²) >= 11 is 0. The minimum atomic E-state index is -5.11. The van der Waals surface area contributed by atoms with E-state index in [1.54, 1.807) is 6.08 Å². The van der Waals surface area contributed by atoms with Crippen LogP contribution in [0.15, 0.2) is 24.3 Å². The van der Waals surface area contributed by atoms with Crippen LogP contribution in [0.4, 0.5) is 0 Å². The molecule has 1 heterocycles. The molecule has 0 saturated carbocycles. The van der Waals surface area contributed by atoms with Crippen LogP contribution < -0.4 is 5.32 Å². The molecule has 0 aromatic carbocycles. The molecule has 0 spiro atoms. The van der Waals surface area contributed by atoms with E-state index in [1.807, 2.05) is 0 Å². The van der Waals surface area contributed by atoms with Crippen molar-refractivity contribution in [1.29, 1.82) is 0 Å². The summed E-state index contributed by atoms with van der Waals surface area (Å²) in [6.45, 7) is 3.13. The lowest BCUT2D eigenvalue weighted by Crippen LogP contribution is -2.61. The van der Waals surface area contributed by atoms with E-state index < -0.39 is 78.5 Å². The van der Waals surface area contributed by atoms with Crippen LogP contribution in [0.1, 0.15) is 155 Å². The van der Waals surface area contributed by atoms with Crippen LogP contribution in [0, 0.1) is 0 Å². The van der Waals surface area contributed by atoms with Crippen molar-refractivity contribution in [1.82, 2.24) is 5.32 Å². The highest BCUT2D eigenvalue weighted by Crippen LogP contribution is 2.26. The number of rotatable bonds is 33. The number of carbonyl (C=O) groups is 1. The Kier molecular flexibility index (Phi) is 28.7. The highest BCUT2D eigenvalue weighted by molar-refractivity contribution is 7.80. The summed E-state index contributed by atoms with van der Waals surface area (Å²) in [5.74, 6) is -0.715. The number of amides is 1. The molecule has 1 aliphatic heterocycles. The average Bonchev–Trinajstić information content (AvgIpc) is 3.12. The third-order valence-electron chi connectivity index (χ3n) is 9.58. The number of carbonyl (C=O) groups excluding carboxylic acids is 1. The van der Waals surface area contributed by atoms with Gasteiger partial charge in [-0.3, -0.25) is 9.35 Å². The SMILES string of the molecule is CCCCCCCCC/C=C\CCCCCCC(O)C(=O)NC(COC1OC(CO)C(O)C(OS(=O)(=O)O)C1O)C(O)/C=C/CCCCCCCCC. The maximum absolute atomic E-state index is 13.0. The number of allylic oxidation sites excluding steroid dienone is 3. The van der Waals surface area contributed by atoms with Gasteiger partial charge in [0.2, 0.25) is 5.91 Å². The fourth-order valence-electron chi connectivity index (χ4n) is 6.28. The molecular weight excluding hydrogens is 706 g/mol. The van der Waals surface area contributed by atoms with Gasteiger partial charge >= 0.3 is 10.4 Å². The maximum atomic E-state index is 13.0. The van der Waals surface area contributed by atoms with Crippen LogP contribution in [-0.2, 0) is 28.9 Å². The van der Waals surface area contributed by atoms with E-state index in [0.29, 0.717) is 12.8 Å². The summed E-state index contributed by atoms with van der Waals surface area (Å²) < 4.78 is 47.2. The smallest absolute Gasteiger partial charge is 0.394 e. The molecule has 1 rings (SSSR count). The normalized spacial score (nSPS) is 22.8. The van der Waals surface area contributed by atoms with Crippen LogP contribution in [-0.4, -0.2) is 107 Å². The van der Waals surface area contributed by atoms with Gasteiger partial charge in [0.1, 0.15) is 30.5 Å². The van der Waals surface area contributed by atoms with E-state index >= 15 is 0 Å². The molecule has 0 aromatic rings. The van der Waals surface area contributed by atoms with Crippen LogP contribution in [0.3, 0.4) is 0 Å². The summed E-state index contributed by atoms with van der Waals surface area (Å²) in [6.07, 6.45) is 20.0. The minimum Gasteiger partial charge on any atom is -0.394 e. The molecule has 8 atom stereocenters. The molecule has 1 aliphatic rings. The Balaban J connectivity index is 2.65. The predicted molar refractivity (Wildman–Crippen MR) is 205 cm³/mol. The number of unbranched alkanes of at least 4 members (excludes halogenated alkanes) is 18. The van der Waals surface area contributed by atoms with Crippen LogP contribution in [0.5, 0.6) is 0 Å². The van der Waals surface area contributed by atoms with Gasteiger partial charge in [-0.25, -0.2) is 4.18 Å². The van der Waals surface area contributed by atoms with Crippen molar-refractivity contribution >= 4 is 16.3 Å². The Morgan fingerprint density at radius 1 is 0.755 bits per heavy atom. The molecule has 1 amide bonds. The van der Waals surface area contributed by atoms with Gasteiger partial charge in [-0.15, -0.1) is 0 Å². The van der Waals surface area contributed by atoms with Gasteiger partial charge in [-0.05, 0) is 44.9 Å². The molecular formula is C39H73NO12S. The third kappa shape index (κ3) is 23.9. The Labute approximate surface area is 319 Å². The number of hydrogen-bond acceptors (Lipinski definition) is 11. The van der Waals surface area contributed by atoms with Crippen LogP contribution in [0.25, 0.3) is 0 Å². The maximum Gasteiger partial charge on any atom is 0.397 e. The zero-order valence-electron chi connectivity index (χ0n) is 32.4. The minimum absolute atomic E-state index is 0.229. The monoisotopic (exact) mass is 779 g/mol. The van der Waals surface area contributed by atoms with E-state index in [4.69, 9.17) is 14.0 Å². The molecule has 312 valence electrons. The molecule has 0 bridgehead atoms. The Bertz CT molecular complexity index is 1070. The Hall–Kier alpha value is -1.46. The lowest BCUT2D eigenvalue weighted by Gasteiger charge is -2.41. The zero-order valence-corrected chi connectivity index (χ0v) is 33.3. The van der Waals surface area contributed by atoms with E-state index in [-0.39, 0.29) is 6.42 Å². The van der Waals surface area contributed by atoms with Crippen molar-refractivity contribution in [3.63, 3.8) is 0 Å². The molecule has 0 aliphatic carbocycles. The van der Waals surface area contributed by atoms with Crippen molar-refractivity contribution in [2.75, 3.05) is 13.2 Å². The Morgan fingerprint density at radius 3 is 1.75 bits per heavy atom. The topological polar surface area (TPSA) is 212 Å². The first kappa shape index (κ1) is 49.6. The number of hydrogen-bond donors (Lipinski definition) is 7. The van der Waals surface area contributed by atoms with E-state index in [9.17, 15) is 38.7 Å². The van der Waals surface area contributed by atoms with Crippen LogP contribution >= 0.6 is 0 Å². The second-order valence-corrected chi connectivity index (χ2v) is 15.4. The molecule has 14 heteroatoms. The largest absolute Gasteiger partial charge is 0.397 e. The molecule has 7 N–H and O–H groups in total. The lowest BCUT2D eigenvalue weighted by atomic mass is 9.99. The lowest BCUT2D eigenvalue weighted by molar-refractivity contribution is -0.298. The highest BCUT2D eigenvalue weighted by atomic mass is 32.3. The fraction of sp³-hybridized carbons (Fsp3) is 0.872. The van der Waals surface area contributed by atoms with E-state index in [1.165, 1.54) is 76.7 Å². The fourth-order valence-corrected chi connectivity index (χ4v) is 6.79. The van der Waals surface area contributed by atoms with Gasteiger partial charge in [0.05, 0.1) is 25.4 Å². The van der Waals surface area contributed by atoms with Gasteiger partial charge in [0.15, 0.2) is 6.29 Å². The molecule has 8 unspecified atom stereocenters. The van der Waals surface area contributed by atoms with Crippen molar-refractivity contribution in [2.24, 2.45) is 0 Å². The van der Waals surface area contributed by atoms with Gasteiger partial charge in [-0.2, -0.15) is 8.42 Å². The van der Waals surface area contributed by atoms with Crippen molar-refractivity contribution < 1.29 is 57.0 Å². The van der Waals surface area contributed by atoms with Crippen LogP contribution in [0.2, 0.25) is 0 Å². The summed E-state index contributed by atoms with van der Waals surface area (Å²) in [7, 11) is -5.11. The molecule has 0 aromatic heterocycles. The molecule has 0 radical (unpaired) electrons. The molecule has 13 nitrogen and oxygen atoms in total. The van der Waals surface area contributed by atoms with Crippen molar-refractivity contribution in [3.05, 3.63) is 24.3 Å². The van der Waals surface area contributed by atoms with E-state index in [2.05, 4.69) is 35.5 Å². The van der Waals surface area contributed by atoms with Crippen molar-refractivity contribution in [2.45, 2.75) is 204 Å². The zero-order chi connectivity index (χ0) is 39.3. The first-order valence-corrected chi connectivity index (χ1v) is 21.7. The first-order chi connectivity index (χ1) is 25.4. The third-order valence-corrected chi connectivity index (χ3v) is 10.0. The number of aliphatic hydroxyl groups is 5. The summed E-state index contributed by atoms with van der Waals surface area (Å²) in [5, 5.41) is 54.8. The van der Waals surface area contributed by atoms with Crippen molar-refractivity contribution in [3.8, 4) is 0 Å². The Morgan fingerprint density at radius 2 is 1.25 bits per heavy atom. The predicted octanol–water partition coefficient (Wildman–Crippen LogP) is 5.57. The van der Waals surface area contributed by atoms with E-state index in [0.717, 1.165) is 51.4 Å². The van der Waals surface area contributed by atoms with Gasteiger partial charge in [0.25, 0.3) is 0 Å². The summed E-state index contributed by atoms with van der Waals surface area (Å²) in [6, 6.07) is -1.12. The second kappa shape index (κ2) is 30.7. The van der Waals surface area contributed by atoms with Gasteiger partial charge in [-0.1, -0.05) is 134 Å². The standard InChI is InChI=1S/C39H73NO12S/c1-3-5-7-9-11-13-14-15-16-17-18-20-22-24-26-28-33(43)38(46)40-31(32(42)27-25-23-21-19-12-10-8-6-4-2)30-50-39-36(45)37(52-53(47,48)49)35(44)34(29-41)51-39/h16-17,25,27,31-37,39,41-45H,3-15,18-24,26,28-30H2,1-2H3,(H,40,46)(H,47,48,49)/b17-16-,27-25+. The second-order valence-electron chi connectivity index (χ2n) is 14.4. The summed E-state index contributed by atoms with van der Waals surface area (Å²) in [4.78, 5) is 13.0. The first-order valence-electron chi connectivity index (χ1n) is 20.3. The quantitative estimate of drug-likeness (QED) is 0.0248. The number of aliphatic hydroxyl groups excluding tert-OH is 5.